The van der Waals surface area contributed by atoms with Gasteiger partial charge in [0, 0.05) is 20.0 Å². The standard InChI is InChI=1S/C21H25N3O4/c1-24(21(25)28-14-15-8-5-4-6-9-15)13-7-10-18-22-19-16(26-2)11-12-17(27-3)20(19)23-18/h4-6,8-9,11-12H,7,10,13-14H2,1-3H3,(H,22,23). The van der Waals surface area contributed by atoms with Gasteiger partial charge in [0.05, 0.1) is 14.2 Å². The summed E-state index contributed by atoms with van der Waals surface area (Å²) in [7, 11) is 4.97. The number of ether oxygens (including phenoxy) is 3. The fourth-order valence-corrected chi connectivity index (χ4v) is 2.95. The Morgan fingerprint density at radius 1 is 1.07 bits per heavy atom. The Morgan fingerprint density at radius 2 is 1.79 bits per heavy atom. The van der Waals surface area contributed by atoms with Gasteiger partial charge in [-0.05, 0) is 24.1 Å². The molecular formula is C21H25N3O4. The van der Waals surface area contributed by atoms with Gasteiger partial charge < -0.3 is 24.1 Å². The molecule has 1 amide bonds. The van der Waals surface area contributed by atoms with E-state index in [2.05, 4.69) is 9.97 Å². The summed E-state index contributed by atoms with van der Waals surface area (Å²) in [5.41, 5.74) is 2.52. The number of methoxy groups -OCH3 is 2. The Kier molecular flexibility index (Phi) is 6.37. The largest absolute Gasteiger partial charge is 0.494 e. The number of nitrogens with zero attached hydrogens (tertiary/aromatic N) is 2. The van der Waals surface area contributed by atoms with Crippen LogP contribution in [0.2, 0.25) is 0 Å². The maximum atomic E-state index is 12.1. The Bertz CT molecular complexity index is 883. The van der Waals surface area contributed by atoms with Gasteiger partial charge in [-0.3, -0.25) is 0 Å². The first-order chi connectivity index (χ1) is 13.6. The summed E-state index contributed by atoms with van der Waals surface area (Å²) in [6, 6.07) is 13.3. The van der Waals surface area contributed by atoms with Gasteiger partial charge in [0.15, 0.2) is 0 Å². The molecule has 148 valence electrons. The molecule has 0 fully saturated rings. The highest BCUT2D eigenvalue weighted by Crippen LogP contribution is 2.31. The monoisotopic (exact) mass is 383 g/mol. The smallest absolute Gasteiger partial charge is 0.409 e. The number of hydrogen-bond donors (Lipinski definition) is 1. The first kappa shape index (κ1) is 19.5. The molecule has 1 heterocycles. The number of nitrogens with one attached hydrogen (secondary N) is 1. The van der Waals surface area contributed by atoms with Crippen molar-refractivity contribution in [2.24, 2.45) is 0 Å². The van der Waals surface area contributed by atoms with Crippen LogP contribution in [-0.2, 0) is 17.8 Å². The van der Waals surface area contributed by atoms with E-state index < -0.39 is 0 Å². The highest BCUT2D eigenvalue weighted by Gasteiger charge is 2.14. The summed E-state index contributed by atoms with van der Waals surface area (Å²) in [5, 5.41) is 0. The lowest BCUT2D eigenvalue weighted by atomic mass is 10.2. The van der Waals surface area contributed by atoms with E-state index in [4.69, 9.17) is 14.2 Å². The number of imidazole rings is 1. The van der Waals surface area contributed by atoms with Crippen LogP contribution in [0.5, 0.6) is 11.5 Å². The van der Waals surface area contributed by atoms with Crippen LogP contribution in [-0.4, -0.2) is 48.8 Å². The van der Waals surface area contributed by atoms with Crippen molar-refractivity contribution in [3.63, 3.8) is 0 Å². The van der Waals surface area contributed by atoms with Crippen LogP contribution >= 0.6 is 0 Å². The minimum Gasteiger partial charge on any atom is -0.494 e. The molecule has 1 N–H and O–H groups in total. The number of rotatable bonds is 8. The van der Waals surface area contributed by atoms with Crippen molar-refractivity contribution in [3.05, 3.63) is 53.9 Å². The minimum absolute atomic E-state index is 0.271. The number of aromatic amines is 1. The van der Waals surface area contributed by atoms with E-state index in [9.17, 15) is 4.79 Å². The normalized spacial score (nSPS) is 10.7. The average Bonchev–Trinajstić information content (AvgIpc) is 3.16. The molecule has 7 nitrogen and oxygen atoms in total. The molecule has 3 rings (SSSR count). The Labute approximate surface area is 164 Å². The zero-order chi connectivity index (χ0) is 19.9. The maximum Gasteiger partial charge on any atom is 0.409 e. The summed E-state index contributed by atoms with van der Waals surface area (Å²) in [5.74, 6) is 2.24. The molecular weight excluding hydrogens is 358 g/mol. The summed E-state index contributed by atoms with van der Waals surface area (Å²) in [6.45, 7) is 0.839. The van der Waals surface area contributed by atoms with Crippen LogP contribution in [0.1, 0.15) is 17.8 Å². The molecule has 0 saturated heterocycles. The molecule has 0 unspecified atom stereocenters. The number of H-pyrrole nitrogens is 1. The molecule has 0 aliphatic carbocycles. The molecule has 3 aromatic rings. The van der Waals surface area contributed by atoms with Gasteiger partial charge in [-0.2, -0.15) is 0 Å². The fraction of sp³-hybridized carbons (Fsp3) is 0.333. The Morgan fingerprint density at radius 3 is 2.50 bits per heavy atom. The number of amides is 1. The molecule has 28 heavy (non-hydrogen) atoms. The van der Waals surface area contributed by atoms with Gasteiger partial charge in [-0.25, -0.2) is 9.78 Å². The molecule has 7 heteroatoms. The fourth-order valence-electron chi connectivity index (χ4n) is 2.95. The summed E-state index contributed by atoms with van der Waals surface area (Å²) >= 11 is 0. The molecule has 2 aromatic carbocycles. The average molecular weight is 383 g/mol. The van der Waals surface area contributed by atoms with Crippen molar-refractivity contribution in [3.8, 4) is 11.5 Å². The lowest BCUT2D eigenvalue weighted by Crippen LogP contribution is -2.28. The number of fused-ring (bicyclic) bond motifs is 1. The van der Waals surface area contributed by atoms with E-state index >= 15 is 0 Å². The number of aromatic nitrogens is 2. The van der Waals surface area contributed by atoms with Crippen LogP contribution in [0.4, 0.5) is 4.79 Å². The van der Waals surface area contributed by atoms with Gasteiger partial charge in [0.1, 0.15) is 35.0 Å². The van der Waals surface area contributed by atoms with E-state index in [-0.39, 0.29) is 12.7 Å². The Balaban J connectivity index is 1.53. The second-order valence-electron chi connectivity index (χ2n) is 6.44. The van der Waals surface area contributed by atoms with Crippen LogP contribution in [0, 0.1) is 0 Å². The van der Waals surface area contributed by atoms with Gasteiger partial charge in [-0.1, -0.05) is 30.3 Å². The first-order valence-corrected chi connectivity index (χ1v) is 9.13. The van der Waals surface area contributed by atoms with Crippen molar-refractivity contribution in [2.45, 2.75) is 19.4 Å². The van der Waals surface area contributed by atoms with E-state index in [1.54, 1.807) is 26.2 Å². The van der Waals surface area contributed by atoms with Crippen molar-refractivity contribution in [1.82, 2.24) is 14.9 Å². The topological polar surface area (TPSA) is 76.7 Å². The second-order valence-corrected chi connectivity index (χ2v) is 6.44. The zero-order valence-corrected chi connectivity index (χ0v) is 16.4. The molecule has 0 radical (unpaired) electrons. The summed E-state index contributed by atoms with van der Waals surface area (Å²) in [6.07, 6.45) is 1.11. The van der Waals surface area contributed by atoms with Crippen molar-refractivity contribution in [1.29, 1.82) is 0 Å². The zero-order valence-electron chi connectivity index (χ0n) is 16.4. The molecule has 0 saturated carbocycles. The molecule has 0 aliphatic rings. The quantitative estimate of drug-likeness (QED) is 0.641. The minimum atomic E-state index is -0.336. The van der Waals surface area contributed by atoms with Gasteiger partial charge in [-0.15, -0.1) is 0 Å². The lowest BCUT2D eigenvalue weighted by Gasteiger charge is -2.16. The first-order valence-electron chi connectivity index (χ1n) is 9.13. The van der Waals surface area contributed by atoms with Crippen LogP contribution < -0.4 is 9.47 Å². The molecule has 0 bridgehead atoms. The molecule has 0 spiro atoms. The number of hydrogen-bond acceptors (Lipinski definition) is 5. The van der Waals surface area contributed by atoms with Crippen molar-refractivity contribution >= 4 is 17.1 Å². The predicted molar refractivity (Wildman–Crippen MR) is 107 cm³/mol. The number of carbonyl (C=O) groups excluding carboxylic acids is 1. The summed E-state index contributed by atoms with van der Waals surface area (Å²) < 4.78 is 16.1. The third kappa shape index (κ3) is 4.54. The van der Waals surface area contributed by atoms with Gasteiger partial charge in [0.25, 0.3) is 0 Å². The predicted octanol–water partition coefficient (Wildman–Crippen LogP) is 3.78. The van der Waals surface area contributed by atoms with Crippen LogP contribution in [0.25, 0.3) is 11.0 Å². The third-order valence-corrected chi connectivity index (χ3v) is 4.48. The van der Waals surface area contributed by atoms with E-state index in [0.29, 0.717) is 18.7 Å². The molecule has 0 atom stereocenters. The van der Waals surface area contributed by atoms with Crippen molar-refractivity contribution in [2.75, 3.05) is 27.8 Å². The molecule has 0 aliphatic heterocycles. The maximum absolute atomic E-state index is 12.1. The van der Waals surface area contributed by atoms with E-state index in [0.717, 1.165) is 34.6 Å². The van der Waals surface area contributed by atoms with Gasteiger partial charge >= 0.3 is 6.09 Å². The SMILES string of the molecule is COc1ccc(OC)c2[nH]c(CCCN(C)C(=O)OCc3ccccc3)nc12. The second kappa shape index (κ2) is 9.12. The number of benzene rings is 2. The number of aryl methyl sites for hydroxylation is 1. The van der Waals surface area contributed by atoms with Crippen molar-refractivity contribution < 1.29 is 19.0 Å². The summed E-state index contributed by atoms with van der Waals surface area (Å²) in [4.78, 5) is 21.6. The van der Waals surface area contributed by atoms with E-state index in [1.807, 2.05) is 42.5 Å². The highest BCUT2D eigenvalue weighted by molar-refractivity contribution is 5.87. The van der Waals surface area contributed by atoms with Crippen LogP contribution in [0.3, 0.4) is 0 Å². The number of carbonyl (C=O) groups is 1. The third-order valence-electron chi connectivity index (χ3n) is 4.48. The lowest BCUT2D eigenvalue weighted by molar-refractivity contribution is 0.104. The van der Waals surface area contributed by atoms with E-state index in [1.165, 1.54) is 0 Å². The van der Waals surface area contributed by atoms with Crippen LogP contribution in [0.15, 0.2) is 42.5 Å². The molecule has 1 aromatic heterocycles. The highest BCUT2D eigenvalue weighted by atomic mass is 16.6. The Hall–Kier alpha value is -3.22. The van der Waals surface area contributed by atoms with Gasteiger partial charge in [0.2, 0.25) is 0 Å².